The van der Waals surface area contributed by atoms with Crippen molar-refractivity contribution >= 4 is 17.6 Å². The second kappa shape index (κ2) is 8.18. The first-order valence-electron chi connectivity index (χ1n) is 10.7. The Balaban J connectivity index is 2.01. The maximum atomic E-state index is 12.3. The zero-order valence-electron chi connectivity index (χ0n) is 18.7. The molecule has 2 nitrogen and oxygen atoms in total. The van der Waals surface area contributed by atoms with Gasteiger partial charge in [0.25, 0.3) is 0 Å². The van der Waals surface area contributed by atoms with Gasteiger partial charge in [-0.2, -0.15) is 0 Å². The van der Waals surface area contributed by atoms with Crippen molar-refractivity contribution in [1.82, 2.24) is 0 Å². The number of carbonyl (C=O) groups excluding carboxylic acids is 1. The van der Waals surface area contributed by atoms with E-state index in [0.717, 1.165) is 12.8 Å². The highest BCUT2D eigenvalue weighted by atomic mass is 16.5. The van der Waals surface area contributed by atoms with Crippen LogP contribution in [0.2, 0.25) is 0 Å². The van der Waals surface area contributed by atoms with Crippen LogP contribution in [0, 0.1) is 0 Å². The summed E-state index contributed by atoms with van der Waals surface area (Å²) in [5, 5.41) is 0. The summed E-state index contributed by atoms with van der Waals surface area (Å²) in [6, 6.07) is 17.2. The van der Waals surface area contributed by atoms with Crippen LogP contribution in [-0.2, 0) is 20.4 Å². The predicted octanol–water partition coefficient (Wildman–Crippen LogP) is 6.92. The average molecular weight is 391 g/mol. The molecule has 3 rings (SSSR count). The molecule has 0 aromatic heterocycles. The second-order valence-electron chi connectivity index (χ2n) is 9.54. The zero-order valence-corrected chi connectivity index (χ0v) is 18.7. The zero-order chi connectivity index (χ0) is 21.2. The number of allylic oxidation sites excluding steroid dienone is 1. The van der Waals surface area contributed by atoms with Crippen molar-refractivity contribution in [3.8, 4) is 0 Å². The average Bonchev–Trinajstić information content (AvgIpc) is 2.67. The Morgan fingerprint density at radius 2 is 1.76 bits per heavy atom. The van der Waals surface area contributed by atoms with E-state index in [1.807, 2.05) is 13.0 Å². The Bertz CT molecular complexity index is 903. The fraction of sp³-hybridized carbons (Fsp3) is 0.444. The van der Waals surface area contributed by atoms with Gasteiger partial charge in [-0.25, -0.2) is 0 Å². The van der Waals surface area contributed by atoms with E-state index >= 15 is 0 Å². The largest absolute Gasteiger partial charge is 0.461 e. The minimum atomic E-state index is -0.225. The number of benzene rings is 2. The lowest BCUT2D eigenvalue weighted by atomic mass is 9.61. The van der Waals surface area contributed by atoms with Gasteiger partial charge in [0.2, 0.25) is 0 Å². The number of rotatable bonds is 5. The molecule has 1 unspecified atom stereocenters. The molecule has 0 spiro atoms. The molecule has 0 fully saturated rings. The number of fused-ring (bicyclic) bond motifs is 1. The van der Waals surface area contributed by atoms with E-state index in [1.54, 1.807) is 0 Å². The maximum Gasteiger partial charge on any atom is 0.306 e. The molecular formula is C27H34O2. The summed E-state index contributed by atoms with van der Waals surface area (Å²) >= 11 is 0. The Kier molecular flexibility index (Phi) is 6.03. The van der Waals surface area contributed by atoms with Gasteiger partial charge >= 0.3 is 5.97 Å². The van der Waals surface area contributed by atoms with Gasteiger partial charge in [0.05, 0.1) is 0 Å². The maximum absolute atomic E-state index is 12.3. The van der Waals surface area contributed by atoms with E-state index in [4.69, 9.17) is 4.74 Å². The molecule has 0 radical (unpaired) electrons. The van der Waals surface area contributed by atoms with Crippen molar-refractivity contribution in [3.05, 3.63) is 70.8 Å². The van der Waals surface area contributed by atoms with E-state index in [9.17, 15) is 4.79 Å². The van der Waals surface area contributed by atoms with Gasteiger partial charge in [-0.3, -0.25) is 4.79 Å². The van der Waals surface area contributed by atoms with Gasteiger partial charge in [0.1, 0.15) is 6.10 Å². The van der Waals surface area contributed by atoms with Crippen LogP contribution in [0.5, 0.6) is 0 Å². The Morgan fingerprint density at radius 1 is 1.07 bits per heavy atom. The molecule has 1 aliphatic carbocycles. The van der Waals surface area contributed by atoms with Crippen molar-refractivity contribution in [2.24, 2.45) is 0 Å². The van der Waals surface area contributed by atoms with Gasteiger partial charge in [-0.1, -0.05) is 89.2 Å². The first-order chi connectivity index (χ1) is 13.6. The third-order valence-corrected chi connectivity index (χ3v) is 6.31. The highest BCUT2D eigenvalue weighted by Crippen LogP contribution is 2.48. The van der Waals surface area contributed by atoms with Crippen molar-refractivity contribution in [2.45, 2.75) is 77.7 Å². The Morgan fingerprint density at radius 3 is 2.41 bits per heavy atom. The lowest BCUT2D eigenvalue weighted by Crippen LogP contribution is -2.47. The molecule has 1 aliphatic rings. The number of hydrogen-bond acceptors (Lipinski definition) is 2. The lowest BCUT2D eigenvalue weighted by Gasteiger charge is -2.47. The van der Waals surface area contributed by atoms with Gasteiger partial charge < -0.3 is 4.74 Å². The van der Waals surface area contributed by atoms with Crippen molar-refractivity contribution < 1.29 is 9.53 Å². The highest BCUT2D eigenvalue weighted by molar-refractivity contribution is 5.80. The van der Waals surface area contributed by atoms with Crippen LogP contribution in [0.25, 0.3) is 11.6 Å². The fourth-order valence-corrected chi connectivity index (χ4v) is 4.41. The van der Waals surface area contributed by atoms with E-state index in [1.165, 1.54) is 27.8 Å². The summed E-state index contributed by atoms with van der Waals surface area (Å²) in [4.78, 5) is 12.3. The number of hydrogen-bond donors (Lipinski definition) is 0. The first kappa shape index (κ1) is 21.4. The van der Waals surface area contributed by atoms with Crippen LogP contribution in [0.3, 0.4) is 0 Å². The van der Waals surface area contributed by atoms with Gasteiger partial charge in [0.15, 0.2) is 0 Å². The Labute approximate surface area is 176 Å². The summed E-state index contributed by atoms with van der Waals surface area (Å²) in [5.74, 6) is -0.0823. The molecule has 1 atom stereocenters. The monoisotopic (exact) mass is 390 g/mol. The molecule has 2 aromatic carbocycles. The van der Waals surface area contributed by atoms with E-state index in [-0.39, 0.29) is 22.9 Å². The lowest BCUT2D eigenvalue weighted by molar-refractivity contribution is -0.154. The van der Waals surface area contributed by atoms with Crippen LogP contribution >= 0.6 is 0 Å². The van der Waals surface area contributed by atoms with E-state index in [0.29, 0.717) is 6.42 Å². The molecule has 0 amide bonds. The number of esters is 1. The molecule has 0 N–H and O–H groups in total. The third kappa shape index (κ3) is 4.47. The molecule has 0 saturated carbocycles. The molecule has 0 heterocycles. The fourth-order valence-electron chi connectivity index (χ4n) is 4.41. The van der Waals surface area contributed by atoms with E-state index in [2.05, 4.69) is 83.2 Å². The van der Waals surface area contributed by atoms with Crippen LogP contribution in [-0.4, -0.2) is 12.1 Å². The van der Waals surface area contributed by atoms with Gasteiger partial charge in [0, 0.05) is 11.8 Å². The topological polar surface area (TPSA) is 26.3 Å². The number of carbonyl (C=O) groups is 1. The van der Waals surface area contributed by atoms with Gasteiger partial charge in [-0.15, -0.1) is 0 Å². The van der Waals surface area contributed by atoms with Crippen LogP contribution in [0.15, 0.2) is 48.5 Å². The number of ether oxygens (including phenoxy) is 1. The molecular weight excluding hydrogens is 356 g/mol. The van der Waals surface area contributed by atoms with Crippen molar-refractivity contribution in [3.63, 3.8) is 0 Å². The second-order valence-corrected chi connectivity index (χ2v) is 9.54. The summed E-state index contributed by atoms with van der Waals surface area (Å²) in [6.07, 6.45) is 4.26. The molecule has 154 valence electrons. The summed E-state index contributed by atoms with van der Waals surface area (Å²) in [7, 11) is 0. The SMILES string of the molecule is CCCC(=O)OC1CC(C)(C)c2ccc(C(C)=Cc3ccccc3)cc2C1(C)C. The first-order valence-corrected chi connectivity index (χ1v) is 10.7. The highest BCUT2D eigenvalue weighted by Gasteiger charge is 2.46. The molecule has 29 heavy (non-hydrogen) atoms. The minimum absolute atomic E-state index is 0.0302. The van der Waals surface area contributed by atoms with Crippen LogP contribution in [0.1, 0.15) is 83.1 Å². The quantitative estimate of drug-likeness (QED) is 0.409. The summed E-state index contributed by atoms with van der Waals surface area (Å²) in [6.45, 7) is 13.1. The van der Waals surface area contributed by atoms with Crippen molar-refractivity contribution in [2.75, 3.05) is 0 Å². The van der Waals surface area contributed by atoms with Crippen LogP contribution < -0.4 is 0 Å². The normalized spacial score (nSPS) is 20.1. The summed E-state index contributed by atoms with van der Waals surface area (Å²) in [5.41, 5.74) is 6.06. The Hall–Kier alpha value is -2.35. The summed E-state index contributed by atoms with van der Waals surface area (Å²) < 4.78 is 5.98. The van der Waals surface area contributed by atoms with Gasteiger partial charge in [-0.05, 0) is 53.0 Å². The predicted molar refractivity (Wildman–Crippen MR) is 122 cm³/mol. The molecule has 0 bridgehead atoms. The van der Waals surface area contributed by atoms with Crippen LogP contribution in [0.4, 0.5) is 0 Å². The molecule has 0 saturated heterocycles. The van der Waals surface area contributed by atoms with E-state index < -0.39 is 0 Å². The molecule has 2 aromatic rings. The third-order valence-electron chi connectivity index (χ3n) is 6.31. The standard InChI is InChI=1S/C27H34O2/c1-7-11-25(28)29-24-18-26(3,4)22-15-14-21(17-23(22)27(24,5)6)19(2)16-20-12-9-8-10-13-20/h8-10,12-17,24H,7,11,18H2,1-6H3. The minimum Gasteiger partial charge on any atom is -0.461 e. The smallest absolute Gasteiger partial charge is 0.306 e. The molecule has 2 heteroatoms. The molecule has 0 aliphatic heterocycles. The van der Waals surface area contributed by atoms with Crippen molar-refractivity contribution in [1.29, 1.82) is 0 Å².